The van der Waals surface area contributed by atoms with E-state index in [0.717, 1.165) is 0 Å². The van der Waals surface area contributed by atoms with Crippen molar-refractivity contribution in [2.45, 2.75) is 50.4 Å². The van der Waals surface area contributed by atoms with Crippen molar-refractivity contribution in [2.75, 3.05) is 20.3 Å². The summed E-state index contributed by atoms with van der Waals surface area (Å²) >= 11 is -2.25. The van der Waals surface area contributed by atoms with Gasteiger partial charge in [-0.2, -0.15) is 0 Å². The van der Waals surface area contributed by atoms with E-state index in [0.29, 0.717) is 29.2 Å². The highest BCUT2D eigenvalue weighted by Gasteiger charge is 2.37. The van der Waals surface area contributed by atoms with Gasteiger partial charge in [-0.3, -0.25) is 9.00 Å². The molecule has 5 atom stereocenters. The van der Waals surface area contributed by atoms with Crippen molar-refractivity contribution in [3.63, 3.8) is 0 Å². The fourth-order valence-corrected chi connectivity index (χ4v) is 4.21. The summed E-state index contributed by atoms with van der Waals surface area (Å²) < 4.78 is 52.3. The number of methoxy groups -OCH3 is 1. The van der Waals surface area contributed by atoms with Crippen molar-refractivity contribution in [1.29, 1.82) is 0 Å². The van der Waals surface area contributed by atoms with Gasteiger partial charge < -0.3 is 28.9 Å². The lowest BCUT2D eigenvalue weighted by Gasteiger charge is -2.34. The Bertz CT molecular complexity index is 1170. The number of ether oxygens (including phenoxy) is 3. The van der Waals surface area contributed by atoms with Crippen molar-refractivity contribution < 1.29 is 37.0 Å². The van der Waals surface area contributed by atoms with E-state index in [-0.39, 0.29) is 31.2 Å². The van der Waals surface area contributed by atoms with Gasteiger partial charge in [0.25, 0.3) is 5.91 Å². The van der Waals surface area contributed by atoms with Gasteiger partial charge in [0, 0.05) is 18.2 Å². The Morgan fingerprint density at radius 2 is 2.08 bits per heavy atom. The van der Waals surface area contributed by atoms with E-state index in [2.05, 4.69) is 20.4 Å². The predicted molar refractivity (Wildman–Crippen MR) is 125 cm³/mol. The average molecular weight is 522 g/mol. The van der Waals surface area contributed by atoms with Crippen LogP contribution in [0.2, 0.25) is 0 Å². The summed E-state index contributed by atoms with van der Waals surface area (Å²) in [4.78, 5) is 26.9. The van der Waals surface area contributed by atoms with E-state index in [4.69, 9.17) is 19.0 Å². The van der Waals surface area contributed by atoms with Crippen LogP contribution in [0.1, 0.15) is 40.9 Å². The van der Waals surface area contributed by atoms with Crippen LogP contribution >= 0.6 is 0 Å². The largest absolute Gasteiger partial charge is 0.772 e. The topological polar surface area (TPSA) is 144 Å². The molecule has 1 N–H and O–H groups in total. The van der Waals surface area contributed by atoms with Crippen molar-refractivity contribution in [3.05, 3.63) is 52.9 Å². The molecule has 0 spiro atoms. The minimum Gasteiger partial charge on any atom is -0.772 e. The molecule has 1 saturated heterocycles. The summed E-state index contributed by atoms with van der Waals surface area (Å²) in [5.74, 6) is -0.443. The number of halogens is 1. The molecular formula is C23H26FN4O7S-. The molecule has 4 rings (SSSR count). The molecule has 2 aromatic rings. The number of hydrogen-bond acceptors (Lipinski definition) is 10. The SMILES string of the molecule is COc1cc(CNC(=O)c2cc(C3=NO[C@H]([C@H]4CO[C@H](C(C)S(=O)[O-])CO4)C3)nc(C)n2)ccc1F. The van der Waals surface area contributed by atoms with Gasteiger partial charge in [-0.15, -0.1) is 0 Å². The lowest BCUT2D eigenvalue weighted by atomic mass is 10.0. The standard InChI is InChI=1S/C23H27FN4O7S/c1-12(36(30)31)21-10-34-22(11-33-21)20-8-17(28-35-20)16-7-18(27-13(2)26-16)23(29)25-9-14-4-5-15(24)19(6-14)32-3/h4-7,12,20-22H,8-11H2,1-3H3,(H,25,29)(H,30,31)/p-1/t12?,20-,21-,22+/m0/s1. The minimum absolute atomic E-state index is 0.0912. The molecule has 2 unspecified atom stereocenters. The number of aromatic nitrogens is 2. The molecule has 13 heteroatoms. The highest BCUT2D eigenvalue weighted by Crippen LogP contribution is 2.24. The summed E-state index contributed by atoms with van der Waals surface area (Å²) in [6, 6.07) is 5.86. The molecular weight excluding hydrogens is 495 g/mol. The summed E-state index contributed by atoms with van der Waals surface area (Å²) in [5, 5.41) is 6.19. The molecule has 0 saturated carbocycles. The Morgan fingerprint density at radius 1 is 1.28 bits per heavy atom. The van der Waals surface area contributed by atoms with Crippen LogP contribution in [0, 0.1) is 12.7 Å². The third-order valence-electron chi connectivity index (χ3n) is 5.92. The fraction of sp³-hybridized carbons (Fsp3) is 0.478. The number of hydrogen-bond donors (Lipinski definition) is 1. The molecule has 2 aliphatic rings. The number of nitrogens with zero attached hydrogens (tertiary/aromatic N) is 3. The van der Waals surface area contributed by atoms with E-state index in [9.17, 15) is 17.9 Å². The number of amides is 1. The number of benzene rings is 1. The van der Waals surface area contributed by atoms with Gasteiger partial charge in [0.15, 0.2) is 17.7 Å². The monoisotopic (exact) mass is 521 g/mol. The lowest BCUT2D eigenvalue weighted by Crippen LogP contribution is -2.47. The molecule has 36 heavy (non-hydrogen) atoms. The number of nitrogens with one attached hydrogen (secondary N) is 1. The summed E-state index contributed by atoms with van der Waals surface area (Å²) in [5.41, 5.74) is 1.79. The predicted octanol–water partition coefficient (Wildman–Crippen LogP) is 1.41. The number of oxime groups is 1. The molecule has 1 aromatic heterocycles. The number of aryl methyl sites for hydroxylation is 1. The van der Waals surface area contributed by atoms with Crippen LogP contribution in [-0.4, -0.2) is 74.2 Å². The number of rotatable bonds is 8. The van der Waals surface area contributed by atoms with E-state index in [1.165, 1.54) is 25.3 Å². The van der Waals surface area contributed by atoms with E-state index in [1.807, 2.05) is 0 Å². The van der Waals surface area contributed by atoms with Crippen LogP contribution in [0.5, 0.6) is 5.75 Å². The smallest absolute Gasteiger partial charge is 0.270 e. The number of carbonyl (C=O) groups is 1. The molecule has 3 heterocycles. The van der Waals surface area contributed by atoms with Crippen molar-refractivity contribution in [1.82, 2.24) is 15.3 Å². The first-order valence-electron chi connectivity index (χ1n) is 11.3. The van der Waals surface area contributed by atoms with Crippen LogP contribution in [0.3, 0.4) is 0 Å². The zero-order chi connectivity index (χ0) is 25.8. The second-order valence-corrected chi connectivity index (χ2v) is 9.70. The van der Waals surface area contributed by atoms with Crippen molar-refractivity contribution in [3.8, 4) is 5.75 Å². The molecule has 1 fully saturated rings. The summed E-state index contributed by atoms with van der Waals surface area (Å²) in [6.45, 7) is 3.68. The highest BCUT2D eigenvalue weighted by molar-refractivity contribution is 7.79. The van der Waals surface area contributed by atoms with Crippen LogP contribution in [0.15, 0.2) is 29.4 Å². The van der Waals surface area contributed by atoms with Crippen LogP contribution in [-0.2, 0) is 31.9 Å². The van der Waals surface area contributed by atoms with Gasteiger partial charge in [-0.1, -0.05) is 11.2 Å². The van der Waals surface area contributed by atoms with Gasteiger partial charge in [0.05, 0.1) is 32.1 Å². The molecule has 194 valence electrons. The van der Waals surface area contributed by atoms with Gasteiger partial charge in [0.2, 0.25) is 0 Å². The normalized spacial score (nSPS) is 23.4. The average Bonchev–Trinajstić information content (AvgIpc) is 3.37. The Labute approximate surface area is 209 Å². The fourth-order valence-electron chi connectivity index (χ4n) is 3.81. The third-order valence-corrected chi connectivity index (χ3v) is 6.83. The van der Waals surface area contributed by atoms with Crippen LogP contribution in [0.4, 0.5) is 4.39 Å². The van der Waals surface area contributed by atoms with Crippen LogP contribution < -0.4 is 10.1 Å². The van der Waals surface area contributed by atoms with E-state index >= 15 is 0 Å². The maximum absolute atomic E-state index is 13.6. The Hall–Kier alpha value is -3.00. The van der Waals surface area contributed by atoms with Gasteiger partial charge >= 0.3 is 0 Å². The van der Waals surface area contributed by atoms with Gasteiger partial charge in [-0.05, 0) is 48.7 Å². The maximum atomic E-state index is 13.6. The molecule has 2 aliphatic heterocycles. The first kappa shape index (κ1) is 26.1. The lowest BCUT2D eigenvalue weighted by molar-refractivity contribution is -0.170. The van der Waals surface area contributed by atoms with Gasteiger partial charge in [-0.25, -0.2) is 14.4 Å². The Morgan fingerprint density at radius 3 is 2.78 bits per heavy atom. The van der Waals surface area contributed by atoms with Crippen molar-refractivity contribution >= 4 is 22.7 Å². The minimum atomic E-state index is -2.25. The summed E-state index contributed by atoms with van der Waals surface area (Å²) in [6.07, 6.45) is -1.03. The van der Waals surface area contributed by atoms with E-state index in [1.54, 1.807) is 19.9 Å². The zero-order valence-corrected chi connectivity index (χ0v) is 20.7. The van der Waals surface area contributed by atoms with Crippen LogP contribution in [0.25, 0.3) is 0 Å². The summed E-state index contributed by atoms with van der Waals surface area (Å²) in [7, 11) is 1.37. The quantitative estimate of drug-likeness (QED) is 0.510. The molecule has 0 bridgehead atoms. The van der Waals surface area contributed by atoms with Crippen molar-refractivity contribution in [2.24, 2.45) is 5.16 Å². The first-order chi connectivity index (χ1) is 17.2. The van der Waals surface area contributed by atoms with E-state index < -0.39 is 46.4 Å². The molecule has 0 aliphatic carbocycles. The Kier molecular flexibility index (Phi) is 8.24. The zero-order valence-electron chi connectivity index (χ0n) is 19.9. The molecule has 11 nitrogen and oxygen atoms in total. The third kappa shape index (κ3) is 6.03. The second-order valence-electron chi connectivity index (χ2n) is 8.43. The Balaban J connectivity index is 1.36. The first-order valence-corrected chi connectivity index (χ1v) is 12.4. The maximum Gasteiger partial charge on any atom is 0.270 e. The highest BCUT2D eigenvalue weighted by atomic mass is 32.2. The van der Waals surface area contributed by atoms with Gasteiger partial charge in [0.1, 0.15) is 23.3 Å². The number of carbonyl (C=O) groups excluding carboxylic acids is 1. The molecule has 1 aromatic carbocycles. The molecule has 1 amide bonds. The second kappa shape index (κ2) is 11.4. The molecule has 0 radical (unpaired) electrons.